The van der Waals surface area contributed by atoms with Gasteiger partial charge in [-0.2, -0.15) is 5.26 Å². The van der Waals surface area contributed by atoms with Crippen molar-refractivity contribution in [2.24, 2.45) is 0 Å². The van der Waals surface area contributed by atoms with Gasteiger partial charge in [0, 0.05) is 18.7 Å². The number of para-hydroxylation sites is 1. The van der Waals surface area contributed by atoms with Crippen molar-refractivity contribution in [3.05, 3.63) is 58.1 Å². The van der Waals surface area contributed by atoms with E-state index in [-0.39, 0.29) is 25.4 Å². The molecular weight excluding hydrogens is 338 g/mol. The summed E-state index contributed by atoms with van der Waals surface area (Å²) in [6.07, 6.45) is 0. The molecule has 1 amide bonds. The van der Waals surface area contributed by atoms with Crippen LogP contribution in [-0.2, 0) is 4.79 Å². The van der Waals surface area contributed by atoms with Gasteiger partial charge in [0.15, 0.2) is 0 Å². The molecule has 2 aromatic rings. The Balaban J connectivity index is 2.09. The molecule has 0 heterocycles. The minimum atomic E-state index is -0.537. The van der Waals surface area contributed by atoms with E-state index in [2.05, 4.69) is 16.0 Å². The highest BCUT2D eigenvalue weighted by Gasteiger charge is 2.12. The lowest BCUT2D eigenvalue weighted by Crippen LogP contribution is -2.22. The van der Waals surface area contributed by atoms with Crippen molar-refractivity contribution in [1.29, 1.82) is 5.26 Å². The molecule has 2 rings (SSSR count). The van der Waals surface area contributed by atoms with Crippen molar-refractivity contribution in [2.75, 3.05) is 35.6 Å². The number of nitro groups is 1. The SMILES string of the molecule is N#Cc1ccccc1NC(=O)CNc1cc([N+](=O)[O-])ccc1NCCO. The first-order valence-electron chi connectivity index (χ1n) is 7.71. The maximum absolute atomic E-state index is 12.1. The molecule has 9 nitrogen and oxygen atoms in total. The zero-order chi connectivity index (χ0) is 18.9. The van der Waals surface area contributed by atoms with Gasteiger partial charge in [-0.1, -0.05) is 12.1 Å². The monoisotopic (exact) mass is 355 g/mol. The van der Waals surface area contributed by atoms with Crippen LogP contribution in [0.3, 0.4) is 0 Å². The molecule has 9 heteroatoms. The lowest BCUT2D eigenvalue weighted by atomic mass is 10.2. The van der Waals surface area contributed by atoms with Gasteiger partial charge in [-0.25, -0.2) is 0 Å². The highest BCUT2D eigenvalue weighted by molar-refractivity contribution is 5.95. The number of nitrogens with one attached hydrogen (secondary N) is 3. The van der Waals surface area contributed by atoms with Gasteiger partial charge in [0.05, 0.1) is 40.7 Å². The van der Waals surface area contributed by atoms with Crippen LogP contribution in [0.15, 0.2) is 42.5 Å². The number of nitro benzene ring substituents is 1. The highest BCUT2D eigenvalue weighted by atomic mass is 16.6. The molecule has 134 valence electrons. The summed E-state index contributed by atoms with van der Waals surface area (Å²) in [6, 6.07) is 12.7. The van der Waals surface area contributed by atoms with Crippen molar-refractivity contribution >= 4 is 28.7 Å². The summed E-state index contributed by atoms with van der Waals surface area (Å²) in [4.78, 5) is 22.5. The normalized spacial score (nSPS) is 9.85. The molecule has 26 heavy (non-hydrogen) atoms. The Morgan fingerprint density at radius 2 is 1.92 bits per heavy atom. The van der Waals surface area contributed by atoms with Gasteiger partial charge in [0.25, 0.3) is 5.69 Å². The largest absolute Gasteiger partial charge is 0.395 e. The summed E-state index contributed by atoms with van der Waals surface area (Å²) in [6.45, 7) is -0.00910. The van der Waals surface area contributed by atoms with Crippen LogP contribution in [0.25, 0.3) is 0 Å². The van der Waals surface area contributed by atoms with Crippen molar-refractivity contribution in [3.8, 4) is 6.07 Å². The molecule has 0 saturated carbocycles. The van der Waals surface area contributed by atoms with Crippen LogP contribution in [0, 0.1) is 21.4 Å². The Labute approximate surface area is 149 Å². The summed E-state index contributed by atoms with van der Waals surface area (Å²) in [5.41, 5.74) is 1.48. The van der Waals surface area contributed by atoms with E-state index in [1.807, 2.05) is 6.07 Å². The minimum absolute atomic E-state index is 0.109. The number of carbonyl (C=O) groups excluding carboxylic acids is 1. The Morgan fingerprint density at radius 3 is 2.62 bits per heavy atom. The third kappa shape index (κ3) is 4.93. The summed E-state index contributed by atoms with van der Waals surface area (Å²) >= 11 is 0. The fraction of sp³-hybridized carbons (Fsp3) is 0.176. The van der Waals surface area contributed by atoms with Crippen LogP contribution >= 0.6 is 0 Å². The summed E-state index contributed by atoms with van der Waals surface area (Å²) in [5.74, 6) is -0.410. The smallest absolute Gasteiger partial charge is 0.271 e. The molecule has 0 saturated heterocycles. The van der Waals surface area contributed by atoms with E-state index in [0.717, 1.165) is 0 Å². The first kappa shape index (κ1) is 18.7. The van der Waals surface area contributed by atoms with Gasteiger partial charge in [-0.05, 0) is 18.2 Å². The number of hydrogen-bond donors (Lipinski definition) is 4. The molecule has 0 fully saturated rings. The number of rotatable bonds is 8. The molecule has 0 radical (unpaired) electrons. The third-order valence-electron chi connectivity index (χ3n) is 3.40. The highest BCUT2D eigenvalue weighted by Crippen LogP contribution is 2.26. The van der Waals surface area contributed by atoms with Crippen molar-refractivity contribution < 1.29 is 14.8 Å². The standard InChI is InChI=1S/C17H17N5O4/c18-10-12-3-1-2-4-14(12)21-17(24)11-20-16-9-13(22(25)26)5-6-15(16)19-7-8-23/h1-6,9,19-20,23H,7-8,11H2,(H,21,24). The second-order valence-corrected chi connectivity index (χ2v) is 5.20. The van der Waals surface area contributed by atoms with Crippen LogP contribution < -0.4 is 16.0 Å². The van der Waals surface area contributed by atoms with E-state index in [1.165, 1.54) is 18.2 Å². The van der Waals surface area contributed by atoms with E-state index in [1.54, 1.807) is 24.3 Å². The molecule has 0 atom stereocenters. The summed E-state index contributed by atoms with van der Waals surface area (Å²) < 4.78 is 0. The quantitative estimate of drug-likeness (QED) is 0.419. The van der Waals surface area contributed by atoms with E-state index < -0.39 is 10.8 Å². The maximum atomic E-state index is 12.1. The number of nitrogens with zero attached hydrogens (tertiary/aromatic N) is 2. The van der Waals surface area contributed by atoms with Crippen LogP contribution in [0.2, 0.25) is 0 Å². The Kier molecular flexibility index (Phi) is 6.47. The molecule has 2 aromatic carbocycles. The molecule has 0 bridgehead atoms. The molecule has 0 aliphatic carbocycles. The topological polar surface area (TPSA) is 140 Å². The van der Waals surface area contributed by atoms with E-state index >= 15 is 0 Å². The molecular formula is C17H17N5O4. The summed E-state index contributed by atoms with van der Waals surface area (Å²) in [5, 5.41) is 37.2. The van der Waals surface area contributed by atoms with Crippen LogP contribution in [0.4, 0.5) is 22.7 Å². The fourth-order valence-electron chi connectivity index (χ4n) is 2.20. The number of nitriles is 1. The summed E-state index contributed by atoms with van der Waals surface area (Å²) in [7, 11) is 0. The average molecular weight is 355 g/mol. The van der Waals surface area contributed by atoms with Gasteiger partial charge in [-0.15, -0.1) is 0 Å². The molecule has 0 aliphatic rings. The number of anilines is 3. The molecule has 0 unspecified atom stereocenters. The number of non-ortho nitro benzene ring substituents is 1. The van der Waals surface area contributed by atoms with Gasteiger partial charge in [0.2, 0.25) is 5.91 Å². The zero-order valence-corrected chi connectivity index (χ0v) is 13.7. The Bertz CT molecular complexity index is 847. The first-order valence-corrected chi connectivity index (χ1v) is 7.71. The Morgan fingerprint density at radius 1 is 1.15 bits per heavy atom. The number of aliphatic hydroxyl groups excluding tert-OH is 1. The number of carbonyl (C=O) groups is 1. The van der Waals surface area contributed by atoms with Crippen LogP contribution in [0.1, 0.15) is 5.56 Å². The second-order valence-electron chi connectivity index (χ2n) is 5.20. The molecule has 0 aromatic heterocycles. The lowest BCUT2D eigenvalue weighted by Gasteiger charge is -2.13. The number of benzene rings is 2. The second kappa shape index (κ2) is 9.00. The van der Waals surface area contributed by atoms with Gasteiger partial charge < -0.3 is 21.1 Å². The number of aliphatic hydroxyl groups is 1. The first-order chi connectivity index (χ1) is 12.5. The minimum Gasteiger partial charge on any atom is -0.395 e. The Hall–Kier alpha value is -3.64. The van der Waals surface area contributed by atoms with E-state index in [9.17, 15) is 14.9 Å². The third-order valence-corrected chi connectivity index (χ3v) is 3.40. The average Bonchev–Trinajstić information content (AvgIpc) is 2.65. The van der Waals surface area contributed by atoms with Crippen molar-refractivity contribution in [3.63, 3.8) is 0 Å². The predicted molar refractivity (Wildman–Crippen MR) is 96.9 cm³/mol. The van der Waals surface area contributed by atoms with Gasteiger partial charge in [-0.3, -0.25) is 14.9 Å². The van der Waals surface area contributed by atoms with Crippen molar-refractivity contribution in [2.45, 2.75) is 0 Å². The lowest BCUT2D eigenvalue weighted by molar-refractivity contribution is -0.384. The van der Waals surface area contributed by atoms with Gasteiger partial charge in [0.1, 0.15) is 6.07 Å². The predicted octanol–water partition coefficient (Wildman–Crippen LogP) is 1.92. The van der Waals surface area contributed by atoms with Crippen molar-refractivity contribution in [1.82, 2.24) is 0 Å². The molecule has 0 aliphatic heterocycles. The number of amides is 1. The van der Waals surface area contributed by atoms with E-state index in [4.69, 9.17) is 10.4 Å². The van der Waals surface area contributed by atoms with Crippen LogP contribution in [0.5, 0.6) is 0 Å². The zero-order valence-electron chi connectivity index (χ0n) is 13.7. The van der Waals surface area contributed by atoms with E-state index in [0.29, 0.717) is 22.6 Å². The fourth-order valence-corrected chi connectivity index (χ4v) is 2.20. The van der Waals surface area contributed by atoms with Crippen LogP contribution in [-0.4, -0.2) is 35.6 Å². The molecule has 0 spiro atoms. The molecule has 4 N–H and O–H groups in total. The maximum Gasteiger partial charge on any atom is 0.271 e. The number of hydrogen-bond acceptors (Lipinski definition) is 7. The van der Waals surface area contributed by atoms with Gasteiger partial charge >= 0.3 is 0 Å².